The van der Waals surface area contributed by atoms with Gasteiger partial charge in [-0.25, -0.2) is 14.4 Å². The first-order chi connectivity index (χ1) is 7.65. The van der Waals surface area contributed by atoms with Gasteiger partial charge in [-0.2, -0.15) is 0 Å². The highest BCUT2D eigenvalue weighted by molar-refractivity contribution is 5.53. The molecule has 4 nitrogen and oxygen atoms in total. The molecule has 1 aromatic heterocycles. The molecule has 0 unspecified atom stereocenters. The molecule has 2 N–H and O–H groups in total. The van der Waals surface area contributed by atoms with Crippen LogP contribution in [-0.2, 0) is 0 Å². The molecule has 0 amide bonds. The van der Waals surface area contributed by atoms with E-state index >= 15 is 0 Å². The minimum atomic E-state index is -0.407. The molecule has 0 aliphatic heterocycles. The lowest BCUT2D eigenvalue weighted by Crippen LogP contribution is -1.95. The Kier molecular flexibility index (Phi) is 2.68. The average Bonchev–Trinajstić information content (AvgIpc) is 2.24. The van der Waals surface area contributed by atoms with Crippen LogP contribution in [0.25, 0.3) is 0 Å². The standard InChI is InChI=1S/C11H10FN3O/c1-7-4-11(15-6-14-7)16-10-5-8(12)2-3-9(10)13/h2-6H,13H2,1H3. The number of halogens is 1. The lowest BCUT2D eigenvalue weighted by atomic mass is 10.3. The van der Waals surface area contributed by atoms with Crippen molar-refractivity contribution < 1.29 is 9.13 Å². The SMILES string of the molecule is Cc1cc(Oc2cc(F)ccc2N)ncn1. The summed E-state index contributed by atoms with van der Waals surface area (Å²) in [6.07, 6.45) is 1.38. The zero-order chi connectivity index (χ0) is 11.5. The van der Waals surface area contributed by atoms with Gasteiger partial charge in [0.1, 0.15) is 12.1 Å². The number of nitrogens with two attached hydrogens (primary N) is 1. The van der Waals surface area contributed by atoms with Gasteiger partial charge in [0.25, 0.3) is 0 Å². The number of ether oxygens (including phenoxy) is 1. The molecule has 0 saturated heterocycles. The van der Waals surface area contributed by atoms with Crippen molar-refractivity contribution in [2.24, 2.45) is 0 Å². The summed E-state index contributed by atoms with van der Waals surface area (Å²) < 4.78 is 18.3. The lowest BCUT2D eigenvalue weighted by molar-refractivity contribution is 0.458. The van der Waals surface area contributed by atoms with Crippen LogP contribution in [0.15, 0.2) is 30.6 Å². The number of nitrogens with zero attached hydrogens (tertiary/aromatic N) is 2. The minimum Gasteiger partial charge on any atom is -0.437 e. The van der Waals surface area contributed by atoms with Gasteiger partial charge in [-0.3, -0.25) is 0 Å². The third-order valence-electron chi connectivity index (χ3n) is 1.97. The van der Waals surface area contributed by atoms with Crippen molar-refractivity contribution >= 4 is 5.69 Å². The molecule has 0 radical (unpaired) electrons. The van der Waals surface area contributed by atoms with Gasteiger partial charge < -0.3 is 10.5 Å². The first-order valence-electron chi connectivity index (χ1n) is 4.66. The van der Waals surface area contributed by atoms with E-state index in [1.807, 2.05) is 6.92 Å². The van der Waals surface area contributed by atoms with Crippen LogP contribution in [0, 0.1) is 12.7 Å². The zero-order valence-electron chi connectivity index (χ0n) is 8.64. The topological polar surface area (TPSA) is 61.0 Å². The quantitative estimate of drug-likeness (QED) is 0.787. The van der Waals surface area contributed by atoms with Crippen LogP contribution in [0.4, 0.5) is 10.1 Å². The van der Waals surface area contributed by atoms with E-state index < -0.39 is 5.82 Å². The monoisotopic (exact) mass is 219 g/mol. The smallest absolute Gasteiger partial charge is 0.222 e. The molecule has 5 heteroatoms. The Balaban J connectivity index is 2.30. The predicted molar refractivity (Wildman–Crippen MR) is 57.7 cm³/mol. The maximum Gasteiger partial charge on any atom is 0.222 e. The van der Waals surface area contributed by atoms with Crippen LogP contribution in [0.5, 0.6) is 11.6 Å². The summed E-state index contributed by atoms with van der Waals surface area (Å²) in [5.74, 6) is 0.179. The number of hydrogen-bond donors (Lipinski definition) is 1. The van der Waals surface area contributed by atoms with Gasteiger partial charge in [-0.1, -0.05) is 0 Å². The van der Waals surface area contributed by atoms with E-state index in [1.165, 1.54) is 24.5 Å². The highest BCUT2D eigenvalue weighted by Gasteiger charge is 2.05. The molecule has 0 aliphatic carbocycles. The first-order valence-corrected chi connectivity index (χ1v) is 4.66. The summed E-state index contributed by atoms with van der Waals surface area (Å²) in [6.45, 7) is 1.81. The normalized spacial score (nSPS) is 10.1. The minimum absolute atomic E-state index is 0.248. The fourth-order valence-corrected chi connectivity index (χ4v) is 1.20. The molecule has 2 rings (SSSR count). The summed E-state index contributed by atoms with van der Waals surface area (Å²) in [7, 11) is 0. The third-order valence-corrected chi connectivity index (χ3v) is 1.97. The van der Waals surface area contributed by atoms with Gasteiger partial charge in [0.15, 0.2) is 5.75 Å². The van der Waals surface area contributed by atoms with E-state index in [2.05, 4.69) is 9.97 Å². The summed E-state index contributed by atoms with van der Waals surface area (Å²) in [5, 5.41) is 0. The number of aromatic nitrogens is 2. The van der Waals surface area contributed by atoms with Gasteiger partial charge in [0, 0.05) is 17.8 Å². The molecule has 82 valence electrons. The van der Waals surface area contributed by atoms with Gasteiger partial charge in [0.05, 0.1) is 5.69 Å². The molecule has 0 saturated carbocycles. The largest absolute Gasteiger partial charge is 0.437 e. The molecular formula is C11H10FN3O. The number of nitrogen functional groups attached to an aromatic ring is 1. The van der Waals surface area contributed by atoms with Gasteiger partial charge in [0.2, 0.25) is 5.88 Å². The molecule has 16 heavy (non-hydrogen) atoms. The Morgan fingerprint density at radius 1 is 1.25 bits per heavy atom. The Morgan fingerprint density at radius 3 is 2.81 bits per heavy atom. The van der Waals surface area contributed by atoms with Crippen molar-refractivity contribution in [1.82, 2.24) is 9.97 Å². The Labute approximate surface area is 91.9 Å². The fraction of sp³-hybridized carbons (Fsp3) is 0.0909. The summed E-state index contributed by atoms with van der Waals surface area (Å²) >= 11 is 0. The van der Waals surface area contributed by atoms with Crippen LogP contribution in [0.2, 0.25) is 0 Å². The molecule has 0 atom stereocenters. The Hall–Kier alpha value is -2.17. The van der Waals surface area contributed by atoms with Gasteiger partial charge >= 0.3 is 0 Å². The van der Waals surface area contributed by atoms with Crippen LogP contribution in [0.1, 0.15) is 5.69 Å². The number of benzene rings is 1. The van der Waals surface area contributed by atoms with Crippen molar-refractivity contribution in [3.05, 3.63) is 42.1 Å². The number of hydrogen-bond acceptors (Lipinski definition) is 4. The molecule has 0 aliphatic rings. The second-order valence-electron chi connectivity index (χ2n) is 3.28. The number of anilines is 1. The van der Waals surface area contributed by atoms with E-state index in [-0.39, 0.29) is 5.75 Å². The van der Waals surface area contributed by atoms with Crippen LogP contribution < -0.4 is 10.5 Å². The molecule has 1 heterocycles. The maximum absolute atomic E-state index is 13.0. The second-order valence-corrected chi connectivity index (χ2v) is 3.28. The highest BCUT2D eigenvalue weighted by atomic mass is 19.1. The number of aryl methyl sites for hydroxylation is 1. The molecular weight excluding hydrogens is 209 g/mol. The van der Waals surface area contributed by atoms with E-state index in [0.717, 1.165) is 5.69 Å². The van der Waals surface area contributed by atoms with Crippen LogP contribution in [-0.4, -0.2) is 9.97 Å². The second kappa shape index (κ2) is 4.14. The van der Waals surface area contributed by atoms with E-state index in [4.69, 9.17) is 10.5 Å². The van der Waals surface area contributed by atoms with Crippen molar-refractivity contribution in [3.63, 3.8) is 0 Å². The van der Waals surface area contributed by atoms with Crippen LogP contribution >= 0.6 is 0 Å². The van der Waals surface area contributed by atoms with E-state index in [9.17, 15) is 4.39 Å². The average molecular weight is 219 g/mol. The zero-order valence-corrected chi connectivity index (χ0v) is 8.64. The molecule has 0 bridgehead atoms. The molecule has 0 spiro atoms. The first kappa shape index (κ1) is 10.4. The summed E-state index contributed by atoms with van der Waals surface area (Å²) in [5.41, 5.74) is 6.76. The highest BCUT2D eigenvalue weighted by Crippen LogP contribution is 2.26. The Bertz CT molecular complexity index is 516. The van der Waals surface area contributed by atoms with Gasteiger partial charge in [-0.05, 0) is 19.1 Å². The molecule has 2 aromatic rings. The third kappa shape index (κ3) is 2.25. The molecule has 1 aromatic carbocycles. The van der Waals surface area contributed by atoms with Gasteiger partial charge in [-0.15, -0.1) is 0 Å². The van der Waals surface area contributed by atoms with Crippen LogP contribution in [0.3, 0.4) is 0 Å². The number of rotatable bonds is 2. The van der Waals surface area contributed by atoms with E-state index in [1.54, 1.807) is 6.07 Å². The van der Waals surface area contributed by atoms with Crippen molar-refractivity contribution in [2.45, 2.75) is 6.92 Å². The van der Waals surface area contributed by atoms with E-state index in [0.29, 0.717) is 11.6 Å². The molecule has 0 fully saturated rings. The van der Waals surface area contributed by atoms with Crippen molar-refractivity contribution in [1.29, 1.82) is 0 Å². The lowest BCUT2D eigenvalue weighted by Gasteiger charge is -2.07. The summed E-state index contributed by atoms with van der Waals surface area (Å²) in [6, 6.07) is 5.57. The fourth-order valence-electron chi connectivity index (χ4n) is 1.20. The predicted octanol–water partition coefficient (Wildman–Crippen LogP) is 2.30. The van der Waals surface area contributed by atoms with Crippen molar-refractivity contribution in [2.75, 3.05) is 5.73 Å². The Morgan fingerprint density at radius 2 is 2.06 bits per heavy atom. The van der Waals surface area contributed by atoms with Crippen molar-refractivity contribution in [3.8, 4) is 11.6 Å². The maximum atomic E-state index is 13.0. The summed E-state index contributed by atoms with van der Waals surface area (Å²) in [4.78, 5) is 7.82.